The first-order valence-electron chi connectivity index (χ1n) is 11.3. The SMILES string of the molecule is O=C(NCc1nnc2n1CCCCC2)c1nn(-c2ccc(Cl)cc2)c2c1CCCCC2. The third-order valence-electron chi connectivity index (χ3n) is 6.31. The third-order valence-corrected chi connectivity index (χ3v) is 6.56. The maximum absolute atomic E-state index is 13.2. The molecule has 7 nitrogen and oxygen atoms in total. The van der Waals surface area contributed by atoms with Crippen molar-refractivity contribution < 1.29 is 4.79 Å². The van der Waals surface area contributed by atoms with Crippen LogP contribution in [0.4, 0.5) is 0 Å². The molecule has 1 aromatic carbocycles. The van der Waals surface area contributed by atoms with Gasteiger partial charge < -0.3 is 9.88 Å². The fourth-order valence-corrected chi connectivity index (χ4v) is 4.80. The van der Waals surface area contributed by atoms with E-state index in [1.807, 2.05) is 28.9 Å². The molecule has 31 heavy (non-hydrogen) atoms. The van der Waals surface area contributed by atoms with Gasteiger partial charge in [-0.25, -0.2) is 4.68 Å². The molecule has 2 aliphatic rings. The van der Waals surface area contributed by atoms with Gasteiger partial charge in [-0.05, 0) is 62.8 Å². The summed E-state index contributed by atoms with van der Waals surface area (Å²) in [6.07, 6.45) is 9.62. The molecule has 3 aromatic rings. The Morgan fingerprint density at radius 1 is 0.968 bits per heavy atom. The minimum absolute atomic E-state index is 0.142. The predicted octanol–water partition coefficient (Wildman–Crippen LogP) is 4.04. The zero-order valence-corrected chi connectivity index (χ0v) is 18.4. The van der Waals surface area contributed by atoms with E-state index >= 15 is 0 Å². The van der Waals surface area contributed by atoms with Crippen molar-refractivity contribution in [1.29, 1.82) is 0 Å². The van der Waals surface area contributed by atoms with E-state index < -0.39 is 0 Å². The van der Waals surface area contributed by atoms with Gasteiger partial charge in [0.15, 0.2) is 11.5 Å². The number of fused-ring (bicyclic) bond motifs is 2. The lowest BCUT2D eigenvalue weighted by molar-refractivity contribution is 0.0943. The molecule has 3 heterocycles. The molecule has 162 valence electrons. The van der Waals surface area contributed by atoms with Crippen LogP contribution in [0, 0.1) is 0 Å². The minimum Gasteiger partial charge on any atom is -0.343 e. The number of aryl methyl sites for hydroxylation is 1. The van der Waals surface area contributed by atoms with E-state index in [1.165, 1.54) is 12.8 Å². The van der Waals surface area contributed by atoms with E-state index in [4.69, 9.17) is 16.7 Å². The Morgan fingerprint density at radius 3 is 2.61 bits per heavy atom. The van der Waals surface area contributed by atoms with Crippen molar-refractivity contribution in [2.75, 3.05) is 0 Å². The Hall–Kier alpha value is -2.67. The molecule has 8 heteroatoms. The molecule has 1 amide bonds. The van der Waals surface area contributed by atoms with Gasteiger partial charge in [-0.3, -0.25) is 4.79 Å². The van der Waals surface area contributed by atoms with Gasteiger partial charge in [-0.15, -0.1) is 10.2 Å². The molecule has 0 fully saturated rings. The summed E-state index contributed by atoms with van der Waals surface area (Å²) in [4.78, 5) is 13.2. The number of aromatic nitrogens is 5. The molecule has 1 N–H and O–H groups in total. The number of nitrogens with zero attached hydrogens (tertiary/aromatic N) is 5. The van der Waals surface area contributed by atoms with Crippen molar-refractivity contribution in [3.8, 4) is 5.69 Å². The van der Waals surface area contributed by atoms with Gasteiger partial charge >= 0.3 is 0 Å². The zero-order valence-electron chi connectivity index (χ0n) is 17.6. The Labute approximate surface area is 186 Å². The van der Waals surface area contributed by atoms with E-state index in [0.29, 0.717) is 17.3 Å². The average Bonchev–Trinajstić information content (AvgIpc) is 3.11. The number of hydrogen-bond acceptors (Lipinski definition) is 4. The van der Waals surface area contributed by atoms with Gasteiger partial charge in [0, 0.05) is 29.2 Å². The average molecular weight is 439 g/mol. The first kappa shape index (κ1) is 20.2. The lowest BCUT2D eigenvalue weighted by Gasteiger charge is -2.08. The molecule has 5 rings (SSSR count). The summed E-state index contributed by atoms with van der Waals surface area (Å²) in [6, 6.07) is 7.62. The monoisotopic (exact) mass is 438 g/mol. The van der Waals surface area contributed by atoms with Crippen LogP contribution in [0.5, 0.6) is 0 Å². The molecule has 0 bridgehead atoms. The number of carbonyl (C=O) groups is 1. The van der Waals surface area contributed by atoms with Crippen molar-refractivity contribution in [2.24, 2.45) is 0 Å². The smallest absolute Gasteiger partial charge is 0.272 e. The largest absolute Gasteiger partial charge is 0.343 e. The maximum atomic E-state index is 13.2. The van der Waals surface area contributed by atoms with Crippen LogP contribution in [-0.2, 0) is 32.4 Å². The molecule has 2 aromatic heterocycles. The molecule has 0 unspecified atom stereocenters. The molecular formula is C23H27ClN6O. The number of benzene rings is 1. The summed E-state index contributed by atoms with van der Waals surface area (Å²) in [5, 5.41) is 17.2. The fourth-order valence-electron chi connectivity index (χ4n) is 4.67. The third kappa shape index (κ3) is 4.11. The second kappa shape index (κ2) is 8.83. The molecule has 0 atom stereocenters. The summed E-state index contributed by atoms with van der Waals surface area (Å²) in [5.74, 6) is 1.72. The molecule has 1 aliphatic carbocycles. The Bertz CT molecular complexity index is 1080. The molecule has 0 spiro atoms. The van der Waals surface area contributed by atoms with Crippen molar-refractivity contribution in [3.05, 3.63) is 57.9 Å². The molecule has 0 saturated heterocycles. The summed E-state index contributed by atoms with van der Waals surface area (Å²) >= 11 is 6.07. The molecule has 0 radical (unpaired) electrons. The van der Waals surface area contributed by atoms with E-state index in [-0.39, 0.29) is 5.91 Å². The van der Waals surface area contributed by atoms with E-state index in [0.717, 1.165) is 80.1 Å². The van der Waals surface area contributed by atoms with Gasteiger partial charge in [0.1, 0.15) is 5.82 Å². The number of amides is 1. The second-order valence-electron chi connectivity index (χ2n) is 8.40. The van der Waals surface area contributed by atoms with Crippen LogP contribution in [0.15, 0.2) is 24.3 Å². The summed E-state index contributed by atoms with van der Waals surface area (Å²) < 4.78 is 4.09. The summed E-state index contributed by atoms with van der Waals surface area (Å²) in [5.41, 5.74) is 3.68. The summed E-state index contributed by atoms with van der Waals surface area (Å²) in [7, 11) is 0. The van der Waals surface area contributed by atoms with Crippen LogP contribution in [0.1, 0.15) is 71.9 Å². The first-order chi connectivity index (χ1) is 15.2. The Morgan fingerprint density at radius 2 is 1.74 bits per heavy atom. The highest BCUT2D eigenvalue weighted by molar-refractivity contribution is 6.30. The van der Waals surface area contributed by atoms with E-state index in [2.05, 4.69) is 20.1 Å². The second-order valence-corrected chi connectivity index (χ2v) is 8.84. The Kier molecular flexibility index (Phi) is 5.76. The molecule has 0 saturated carbocycles. The summed E-state index contributed by atoms with van der Waals surface area (Å²) in [6.45, 7) is 1.29. The van der Waals surface area contributed by atoms with Crippen molar-refractivity contribution in [3.63, 3.8) is 0 Å². The van der Waals surface area contributed by atoms with Gasteiger partial charge in [-0.2, -0.15) is 5.10 Å². The highest BCUT2D eigenvalue weighted by atomic mass is 35.5. The van der Waals surface area contributed by atoms with E-state index in [9.17, 15) is 4.79 Å². The lowest BCUT2D eigenvalue weighted by atomic mass is 10.1. The fraction of sp³-hybridized carbons (Fsp3) is 0.478. The maximum Gasteiger partial charge on any atom is 0.272 e. The van der Waals surface area contributed by atoms with Crippen molar-refractivity contribution in [1.82, 2.24) is 29.9 Å². The topological polar surface area (TPSA) is 77.6 Å². The number of carbonyl (C=O) groups excluding carboxylic acids is 1. The highest BCUT2D eigenvalue weighted by Gasteiger charge is 2.25. The molecular weight excluding hydrogens is 412 g/mol. The van der Waals surface area contributed by atoms with Crippen molar-refractivity contribution in [2.45, 2.75) is 70.9 Å². The minimum atomic E-state index is -0.142. The van der Waals surface area contributed by atoms with Crippen molar-refractivity contribution >= 4 is 17.5 Å². The van der Waals surface area contributed by atoms with Crippen LogP contribution in [-0.4, -0.2) is 30.5 Å². The number of halogens is 1. The predicted molar refractivity (Wildman–Crippen MR) is 119 cm³/mol. The highest BCUT2D eigenvalue weighted by Crippen LogP contribution is 2.27. The van der Waals surface area contributed by atoms with Crippen LogP contribution in [0.2, 0.25) is 5.02 Å². The van der Waals surface area contributed by atoms with Gasteiger partial charge in [0.2, 0.25) is 0 Å². The quantitative estimate of drug-likeness (QED) is 0.623. The number of hydrogen-bond donors (Lipinski definition) is 1. The van der Waals surface area contributed by atoms with Crippen LogP contribution in [0.25, 0.3) is 5.69 Å². The zero-order chi connectivity index (χ0) is 21.2. The first-order valence-corrected chi connectivity index (χ1v) is 11.6. The molecule has 1 aliphatic heterocycles. The van der Waals surface area contributed by atoms with Gasteiger partial charge in [-0.1, -0.05) is 24.4 Å². The lowest BCUT2D eigenvalue weighted by Crippen LogP contribution is -2.26. The van der Waals surface area contributed by atoms with Gasteiger partial charge in [0.05, 0.1) is 12.2 Å². The van der Waals surface area contributed by atoms with Gasteiger partial charge in [0.25, 0.3) is 5.91 Å². The van der Waals surface area contributed by atoms with Crippen LogP contribution >= 0.6 is 11.6 Å². The standard InChI is InChI=1S/C23H27ClN6O/c24-16-10-12-17(13-11-16)30-19-8-4-1-3-7-18(19)22(28-30)23(31)25-15-21-27-26-20-9-5-2-6-14-29(20)21/h10-13H,1-9,14-15H2,(H,25,31). The van der Waals surface area contributed by atoms with E-state index in [1.54, 1.807) is 0 Å². The Balaban J connectivity index is 1.41. The van der Waals surface area contributed by atoms with Crippen LogP contribution in [0.3, 0.4) is 0 Å². The normalized spacial score (nSPS) is 16.2. The number of nitrogens with one attached hydrogen (secondary N) is 1. The van der Waals surface area contributed by atoms with Crippen LogP contribution < -0.4 is 5.32 Å². The number of rotatable bonds is 4.